The summed E-state index contributed by atoms with van der Waals surface area (Å²) < 4.78 is 24.8. The van der Waals surface area contributed by atoms with Gasteiger partial charge in [-0.25, -0.2) is 8.42 Å². The van der Waals surface area contributed by atoms with Crippen LogP contribution in [0.4, 0.5) is 0 Å². The number of amides is 1. The molecule has 2 aliphatic rings. The summed E-state index contributed by atoms with van der Waals surface area (Å²) >= 11 is 5.82. The Bertz CT molecular complexity index is 710. The fourth-order valence-corrected chi connectivity index (χ4v) is 4.85. The first-order valence-electron chi connectivity index (χ1n) is 9.15. The highest BCUT2D eigenvalue weighted by molar-refractivity contribution is 7.91. The molecule has 3 rings (SSSR count). The number of carbonyl (C=O) groups excluding carboxylic acids is 1. The minimum atomic E-state index is -3.29. The maximum Gasteiger partial charge on any atom is 0.236 e. The number of carbonyl (C=O) groups is 1. The van der Waals surface area contributed by atoms with Crippen LogP contribution in [0, 0.1) is 0 Å². The summed E-state index contributed by atoms with van der Waals surface area (Å²) in [4.78, 5) is 18.8. The summed E-state index contributed by atoms with van der Waals surface area (Å²) in [5.74, 6) is 0.322. The molecule has 0 saturated carbocycles. The van der Waals surface area contributed by atoms with Gasteiger partial charge in [-0.2, -0.15) is 0 Å². The zero-order chi connectivity index (χ0) is 18.6. The molecule has 0 spiro atoms. The molecule has 2 heterocycles. The molecule has 144 valence electrons. The Kier molecular flexibility index (Phi) is 6.55. The van der Waals surface area contributed by atoms with Crippen LogP contribution < -0.4 is 0 Å². The molecule has 0 bridgehead atoms. The van der Waals surface area contributed by atoms with Crippen LogP contribution in [0.15, 0.2) is 29.2 Å². The molecule has 0 aromatic heterocycles. The standard InChI is InChI=1S/C18H26ClN3O3S/c19-16-3-5-17(6-4-16)26(24,25)14-13-20-9-11-21(12-10-20)15-18(23)22-7-1-2-8-22/h3-6H,1-2,7-15H2. The number of likely N-dealkylation sites (tertiary alicyclic amines) is 1. The largest absolute Gasteiger partial charge is 0.342 e. The Morgan fingerprint density at radius 1 is 0.923 bits per heavy atom. The maximum atomic E-state index is 12.4. The Labute approximate surface area is 160 Å². The summed E-state index contributed by atoms with van der Waals surface area (Å²) in [6, 6.07) is 6.31. The summed E-state index contributed by atoms with van der Waals surface area (Å²) in [6.45, 7) is 5.98. The van der Waals surface area contributed by atoms with E-state index in [0.29, 0.717) is 23.0 Å². The SMILES string of the molecule is O=C(CN1CCN(CCS(=O)(=O)c2ccc(Cl)cc2)CC1)N1CCCC1. The predicted octanol–water partition coefficient (Wildman–Crippen LogP) is 1.35. The lowest BCUT2D eigenvalue weighted by atomic mass is 10.3. The highest BCUT2D eigenvalue weighted by Gasteiger charge is 2.24. The quantitative estimate of drug-likeness (QED) is 0.722. The van der Waals surface area contributed by atoms with Gasteiger partial charge >= 0.3 is 0 Å². The summed E-state index contributed by atoms with van der Waals surface area (Å²) in [7, 11) is -3.29. The van der Waals surface area contributed by atoms with Crippen molar-refractivity contribution in [2.75, 3.05) is 58.1 Å². The van der Waals surface area contributed by atoms with E-state index in [9.17, 15) is 13.2 Å². The van der Waals surface area contributed by atoms with Crippen molar-refractivity contribution in [3.8, 4) is 0 Å². The molecule has 1 aromatic carbocycles. The van der Waals surface area contributed by atoms with Crippen molar-refractivity contribution >= 4 is 27.3 Å². The van der Waals surface area contributed by atoms with Crippen LogP contribution in [0.3, 0.4) is 0 Å². The molecule has 6 nitrogen and oxygen atoms in total. The normalized spacial score (nSPS) is 19.8. The first-order chi connectivity index (χ1) is 12.4. The van der Waals surface area contributed by atoms with Crippen LogP contribution in [0.1, 0.15) is 12.8 Å². The molecule has 0 aliphatic carbocycles. The second kappa shape index (κ2) is 8.69. The topological polar surface area (TPSA) is 60.9 Å². The monoisotopic (exact) mass is 399 g/mol. The van der Waals surface area contributed by atoms with Gasteiger partial charge in [0.15, 0.2) is 9.84 Å². The van der Waals surface area contributed by atoms with Crippen molar-refractivity contribution in [2.24, 2.45) is 0 Å². The lowest BCUT2D eigenvalue weighted by Gasteiger charge is -2.34. The Morgan fingerprint density at radius 2 is 1.50 bits per heavy atom. The van der Waals surface area contributed by atoms with Crippen LogP contribution in [0.2, 0.25) is 5.02 Å². The number of hydrogen-bond acceptors (Lipinski definition) is 5. The molecule has 26 heavy (non-hydrogen) atoms. The van der Waals surface area contributed by atoms with Crippen LogP contribution in [-0.4, -0.2) is 87.1 Å². The molecule has 2 fully saturated rings. The van der Waals surface area contributed by atoms with Gasteiger partial charge in [-0.15, -0.1) is 0 Å². The predicted molar refractivity (Wildman–Crippen MR) is 102 cm³/mol. The lowest BCUT2D eigenvalue weighted by Crippen LogP contribution is -2.50. The number of nitrogens with zero attached hydrogens (tertiary/aromatic N) is 3. The summed E-state index contributed by atoms with van der Waals surface area (Å²) in [5.41, 5.74) is 0. The number of halogens is 1. The van der Waals surface area contributed by atoms with Gasteiger partial charge in [-0.3, -0.25) is 14.6 Å². The van der Waals surface area contributed by atoms with Gasteiger partial charge in [0.2, 0.25) is 5.91 Å². The number of piperazine rings is 1. The molecular weight excluding hydrogens is 374 g/mol. The lowest BCUT2D eigenvalue weighted by molar-refractivity contribution is -0.131. The van der Waals surface area contributed by atoms with Crippen molar-refractivity contribution in [1.82, 2.24) is 14.7 Å². The number of sulfone groups is 1. The Hall–Kier alpha value is -1.15. The first-order valence-corrected chi connectivity index (χ1v) is 11.2. The van der Waals surface area contributed by atoms with E-state index in [-0.39, 0.29) is 11.7 Å². The second-order valence-electron chi connectivity index (χ2n) is 6.98. The van der Waals surface area contributed by atoms with Crippen molar-refractivity contribution in [1.29, 1.82) is 0 Å². The van der Waals surface area contributed by atoms with Gasteiger partial charge in [0, 0.05) is 50.8 Å². The Morgan fingerprint density at radius 3 is 2.12 bits per heavy atom. The fraction of sp³-hybridized carbons (Fsp3) is 0.611. The van der Waals surface area contributed by atoms with Gasteiger partial charge in [0.1, 0.15) is 0 Å². The molecule has 0 atom stereocenters. The average molecular weight is 400 g/mol. The van der Waals surface area contributed by atoms with E-state index in [1.807, 2.05) is 4.90 Å². The minimum absolute atomic E-state index is 0.0986. The van der Waals surface area contributed by atoms with Crippen molar-refractivity contribution < 1.29 is 13.2 Å². The number of rotatable bonds is 6. The van der Waals surface area contributed by atoms with Crippen LogP contribution in [-0.2, 0) is 14.6 Å². The zero-order valence-electron chi connectivity index (χ0n) is 14.9. The van der Waals surface area contributed by atoms with Gasteiger partial charge in [-0.05, 0) is 37.1 Å². The van der Waals surface area contributed by atoms with E-state index < -0.39 is 9.84 Å². The average Bonchev–Trinajstić information content (AvgIpc) is 3.16. The molecule has 2 aliphatic heterocycles. The maximum absolute atomic E-state index is 12.4. The third-order valence-electron chi connectivity index (χ3n) is 5.13. The van der Waals surface area contributed by atoms with Crippen LogP contribution in [0.5, 0.6) is 0 Å². The molecule has 1 amide bonds. The summed E-state index contributed by atoms with van der Waals surface area (Å²) in [6.07, 6.45) is 2.23. The number of benzene rings is 1. The Balaban J connectivity index is 1.42. The molecule has 0 radical (unpaired) electrons. The van der Waals surface area contributed by atoms with E-state index in [4.69, 9.17) is 11.6 Å². The van der Waals surface area contributed by atoms with Gasteiger partial charge in [0.05, 0.1) is 17.2 Å². The van der Waals surface area contributed by atoms with Crippen LogP contribution in [0.25, 0.3) is 0 Å². The van der Waals surface area contributed by atoms with Gasteiger partial charge in [-0.1, -0.05) is 11.6 Å². The van der Waals surface area contributed by atoms with E-state index in [1.54, 1.807) is 24.3 Å². The molecule has 8 heteroatoms. The number of hydrogen-bond donors (Lipinski definition) is 0. The van der Waals surface area contributed by atoms with E-state index in [1.165, 1.54) is 0 Å². The molecule has 2 saturated heterocycles. The summed E-state index contributed by atoms with van der Waals surface area (Å²) in [5, 5.41) is 0.531. The van der Waals surface area contributed by atoms with Crippen molar-refractivity contribution in [2.45, 2.75) is 17.7 Å². The minimum Gasteiger partial charge on any atom is -0.342 e. The van der Waals surface area contributed by atoms with Crippen molar-refractivity contribution in [3.05, 3.63) is 29.3 Å². The van der Waals surface area contributed by atoms with E-state index in [2.05, 4.69) is 9.80 Å². The smallest absolute Gasteiger partial charge is 0.236 e. The highest BCUT2D eigenvalue weighted by Crippen LogP contribution is 2.16. The zero-order valence-corrected chi connectivity index (χ0v) is 16.5. The third kappa shape index (κ3) is 5.19. The third-order valence-corrected chi connectivity index (χ3v) is 7.09. The highest BCUT2D eigenvalue weighted by atomic mass is 35.5. The van der Waals surface area contributed by atoms with E-state index in [0.717, 1.165) is 52.1 Å². The van der Waals surface area contributed by atoms with Crippen molar-refractivity contribution in [3.63, 3.8) is 0 Å². The van der Waals surface area contributed by atoms with Gasteiger partial charge < -0.3 is 4.90 Å². The molecule has 1 aromatic rings. The first kappa shape index (κ1) is 19.6. The molecule has 0 N–H and O–H groups in total. The van der Waals surface area contributed by atoms with Crippen LogP contribution >= 0.6 is 11.6 Å². The second-order valence-corrected chi connectivity index (χ2v) is 9.52. The fourth-order valence-electron chi connectivity index (χ4n) is 3.44. The van der Waals surface area contributed by atoms with E-state index >= 15 is 0 Å². The van der Waals surface area contributed by atoms with Gasteiger partial charge in [0.25, 0.3) is 0 Å². The molecular formula is C18H26ClN3O3S. The molecule has 0 unspecified atom stereocenters.